The molecule has 2 rings (SSSR count). The zero-order valence-corrected chi connectivity index (χ0v) is 13.6. The van der Waals surface area contributed by atoms with Crippen LogP contribution in [0.5, 0.6) is 0 Å². The Bertz CT molecular complexity index is 430. The summed E-state index contributed by atoms with van der Waals surface area (Å²) in [6, 6.07) is 10.7. The molecule has 21 heavy (non-hydrogen) atoms. The van der Waals surface area contributed by atoms with E-state index in [4.69, 9.17) is 5.73 Å². The highest BCUT2D eigenvalue weighted by Crippen LogP contribution is 2.43. The predicted molar refractivity (Wildman–Crippen MR) is 89.6 cm³/mol. The Kier molecular flexibility index (Phi) is 7.20. The van der Waals surface area contributed by atoms with Crippen LogP contribution in [0, 0.1) is 5.41 Å². The SMILES string of the molecule is CC(N)CCC(=O)NCC1(Cc2ccccc2)CCC1.Cl. The fourth-order valence-electron chi connectivity index (χ4n) is 2.85. The normalized spacial score (nSPS) is 17.2. The molecule has 118 valence electrons. The molecule has 1 aromatic rings. The highest BCUT2D eigenvalue weighted by Gasteiger charge is 2.37. The Morgan fingerprint density at radius 2 is 2.00 bits per heavy atom. The van der Waals surface area contributed by atoms with Gasteiger partial charge in [0.25, 0.3) is 0 Å². The Labute approximate surface area is 134 Å². The number of carbonyl (C=O) groups is 1. The molecule has 1 amide bonds. The largest absolute Gasteiger partial charge is 0.356 e. The van der Waals surface area contributed by atoms with Gasteiger partial charge in [-0.3, -0.25) is 4.79 Å². The van der Waals surface area contributed by atoms with E-state index in [0.717, 1.165) is 19.4 Å². The molecule has 0 aromatic heterocycles. The van der Waals surface area contributed by atoms with E-state index in [2.05, 4.69) is 29.6 Å². The fourth-order valence-corrected chi connectivity index (χ4v) is 2.85. The summed E-state index contributed by atoms with van der Waals surface area (Å²) in [6.45, 7) is 2.75. The molecule has 1 aliphatic carbocycles. The van der Waals surface area contributed by atoms with Crippen molar-refractivity contribution in [2.45, 2.75) is 51.5 Å². The number of carbonyl (C=O) groups excluding carboxylic acids is 1. The van der Waals surface area contributed by atoms with Gasteiger partial charge in [-0.2, -0.15) is 0 Å². The lowest BCUT2D eigenvalue weighted by Gasteiger charge is -2.42. The Balaban J connectivity index is 0.00000220. The number of amides is 1. The minimum Gasteiger partial charge on any atom is -0.356 e. The van der Waals surface area contributed by atoms with Crippen molar-refractivity contribution in [3.8, 4) is 0 Å². The number of nitrogens with one attached hydrogen (secondary N) is 1. The summed E-state index contributed by atoms with van der Waals surface area (Å²) in [5.74, 6) is 0.140. The predicted octanol–water partition coefficient (Wildman–Crippen LogP) is 3.06. The third-order valence-corrected chi connectivity index (χ3v) is 4.32. The van der Waals surface area contributed by atoms with Crippen LogP contribution in [0.25, 0.3) is 0 Å². The molecule has 3 N–H and O–H groups in total. The maximum atomic E-state index is 11.8. The van der Waals surface area contributed by atoms with Crippen LogP contribution in [0.4, 0.5) is 0 Å². The Morgan fingerprint density at radius 1 is 1.33 bits per heavy atom. The molecule has 1 fully saturated rings. The molecule has 0 spiro atoms. The smallest absolute Gasteiger partial charge is 0.220 e. The third kappa shape index (κ3) is 5.68. The van der Waals surface area contributed by atoms with Crippen LogP contribution in [-0.4, -0.2) is 18.5 Å². The first-order valence-corrected chi connectivity index (χ1v) is 7.66. The van der Waals surface area contributed by atoms with Gasteiger partial charge in [0, 0.05) is 19.0 Å². The topological polar surface area (TPSA) is 55.1 Å². The minimum absolute atomic E-state index is 0. The van der Waals surface area contributed by atoms with Crippen LogP contribution in [0.3, 0.4) is 0 Å². The molecule has 1 aromatic carbocycles. The molecule has 0 heterocycles. The molecule has 1 aliphatic rings. The second-order valence-corrected chi connectivity index (χ2v) is 6.31. The zero-order valence-electron chi connectivity index (χ0n) is 12.8. The lowest BCUT2D eigenvalue weighted by Crippen LogP contribution is -2.43. The molecule has 0 aliphatic heterocycles. The van der Waals surface area contributed by atoms with E-state index in [1.807, 2.05) is 13.0 Å². The third-order valence-electron chi connectivity index (χ3n) is 4.32. The summed E-state index contributed by atoms with van der Waals surface area (Å²) in [5.41, 5.74) is 7.34. The lowest BCUT2D eigenvalue weighted by molar-refractivity contribution is -0.122. The summed E-state index contributed by atoms with van der Waals surface area (Å²) in [7, 11) is 0. The van der Waals surface area contributed by atoms with Gasteiger partial charge in [0.1, 0.15) is 0 Å². The van der Waals surface area contributed by atoms with Crippen molar-refractivity contribution in [3.63, 3.8) is 0 Å². The number of halogens is 1. The minimum atomic E-state index is 0. The quantitative estimate of drug-likeness (QED) is 0.813. The first-order valence-electron chi connectivity index (χ1n) is 7.66. The van der Waals surface area contributed by atoms with Crippen molar-refractivity contribution in [1.29, 1.82) is 0 Å². The number of nitrogens with two attached hydrogens (primary N) is 1. The van der Waals surface area contributed by atoms with Gasteiger partial charge in [0.2, 0.25) is 5.91 Å². The van der Waals surface area contributed by atoms with E-state index in [1.165, 1.54) is 24.8 Å². The average molecular weight is 311 g/mol. The maximum absolute atomic E-state index is 11.8. The summed E-state index contributed by atoms with van der Waals surface area (Å²) in [5, 5.41) is 3.11. The van der Waals surface area contributed by atoms with Gasteiger partial charge < -0.3 is 11.1 Å². The van der Waals surface area contributed by atoms with Crippen molar-refractivity contribution in [2.24, 2.45) is 11.1 Å². The van der Waals surface area contributed by atoms with Gasteiger partial charge in [-0.25, -0.2) is 0 Å². The van der Waals surface area contributed by atoms with E-state index in [0.29, 0.717) is 6.42 Å². The van der Waals surface area contributed by atoms with Gasteiger partial charge in [0.15, 0.2) is 0 Å². The van der Waals surface area contributed by atoms with Gasteiger partial charge in [0.05, 0.1) is 0 Å². The van der Waals surface area contributed by atoms with Crippen LogP contribution in [0.15, 0.2) is 30.3 Å². The monoisotopic (exact) mass is 310 g/mol. The van der Waals surface area contributed by atoms with Crippen LogP contribution >= 0.6 is 12.4 Å². The van der Waals surface area contributed by atoms with E-state index in [-0.39, 0.29) is 29.8 Å². The van der Waals surface area contributed by atoms with Crippen LogP contribution in [-0.2, 0) is 11.2 Å². The molecule has 3 nitrogen and oxygen atoms in total. The molecular weight excluding hydrogens is 284 g/mol. The van der Waals surface area contributed by atoms with Gasteiger partial charge in [-0.05, 0) is 43.6 Å². The van der Waals surface area contributed by atoms with Crippen LogP contribution in [0.2, 0.25) is 0 Å². The first-order chi connectivity index (χ1) is 9.60. The van der Waals surface area contributed by atoms with Crippen molar-refractivity contribution < 1.29 is 4.79 Å². The molecule has 1 saturated carbocycles. The molecular formula is C17H27ClN2O. The first kappa shape index (κ1) is 18.0. The summed E-state index contributed by atoms with van der Waals surface area (Å²) >= 11 is 0. The molecule has 4 heteroatoms. The molecule has 0 bridgehead atoms. The molecule has 1 atom stereocenters. The second-order valence-electron chi connectivity index (χ2n) is 6.31. The van der Waals surface area contributed by atoms with Crippen molar-refractivity contribution >= 4 is 18.3 Å². The standard InChI is InChI=1S/C17H26N2O.ClH/c1-14(18)8-9-16(20)19-13-17(10-5-11-17)12-15-6-3-2-4-7-15;/h2-4,6-7,14H,5,8-13,18H2,1H3,(H,19,20);1H. The summed E-state index contributed by atoms with van der Waals surface area (Å²) in [6.07, 6.45) is 6.09. The van der Waals surface area contributed by atoms with Crippen LogP contribution in [0.1, 0.15) is 44.6 Å². The second kappa shape index (κ2) is 8.40. The van der Waals surface area contributed by atoms with E-state index in [1.54, 1.807) is 0 Å². The number of rotatable bonds is 7. The molecule has 0 saturated heterocycles. The summed E-state index contributed by atoms with van der Waals surface area (Å²) < 4.78 is 0. The van der Waals surface area contributed by atoms with Crippen molar-refractivity contribution in [3.05, 3.63) is 35.9 Å². The fraction of sp³-hybridized carbons (Fsp3) is 0.588. The summed E-state index contributed by atoms with van der Waals surface area (Å²) in [4.78, 5) is 11.8. The van der Waals surface area contributed by atoms with E-state index in [9.17, 15) is 4.79 Å². The Hall–Kier alpha value is -1.06. The molecule has 1 unspecified atom stereocenters. The van der Waals surface area contributed by atoms with Crippen molar-refractivity contribution in [1.82, 2.24) is 5.32 Å². The van der Waals surface area contributed by atoms with Gasteiger partial charge >= 0.3 is 0 Å². The van der Waals surface area contributed by atoms with Crippen LogP contribution < -0.4 is 11.1 Å². The van der Waals surface area contributed by atoms with Crippen molar-refractivity contribution in [2.75, 3.05) is 6.54 Å². The maximum Gasteiger partial charge on any atom is 0.220 e. The Morgan fingerprint density at radius 3 is 2.52 bits per heavy atom. The lowest BCUT2D eigenvalue weighted by atomic mass is 9.65. The van der Waals surface area contributed by atoms with Gasteiger partial charge in [-0.15, -0.1) is 12.4 Å². The average Bonchev–Trinajstić information content (AvgIpc) is 2.40. The molecule has 0 radical (unpaired) electrons. The highest BCUT2D eigenvalue weighted by atomic mass is 35.5. The van der Waals surface area contributed by atoms with E-state index < -0.39 is 0 Å². The van der Waals surface area contributed by atoms with E-state index >= 15 is 0 Å². The number of hydrogen-bond acceptors (Lipinski definition) is 2. The zero-order chi connectivity index (χ0) is 14.4. The van der Waals surface area contributed by atoms with Gasteiger partial charge in [-0.1, -0.05) is 36.8 Å². The number of benzene rings is 1. The number of hydrogen-bond donors (Lipinski definition) is 2. The highest BCUT2D eigenvalue weighted by molar-refractivity contribution is 5.85.